The van der Waals surface area contributed by atoms with E-state index in [0.29, 0.717) is 28.7 Å². The summed E-state index contributed by atoms with van der Waals surface area (Å²) >= 11 is 4.85. The molecule has 0 unspecified atom stereocenters. The first-order valence-electron chi connectivity index (χ1n) is 5.80. The summed E-state index contributed by atoms with van der Waals surface area (Å²) < 4.78 is 16.3. The van der Waals surface area contributed by atoms with Crippen molar-refractivity contribution in [1.82, 2.24) is 4.98 Å². The Morgan fingerprint density at radius 2 is 1.75 bits per heavy atom. The van der Waals surface area contributed by atoms with Gasteiger partial charge in [0.05, 0.1) is 26.1 Å². The maximum atomic E-state index is 5.76. The number of para-hydroxylation sites is 1. The summed E-state index contributed by atoms with van der Waals surface area (Å²) in [7, 11) is 3.13. The number of benzene rings is 1. The Balaban J connectivity index is 2.31. The van der Waals surface area contributed by atoms with Crippen LogP contribution in [0.25, 0.3) is 0 Å². The van der Waals surface area contributed by atoms with Gasteiger partial charge in [0.15, 0.2) is 11.5 Å². The quantitative estimate of drug-likeness (QED) is 0.854. The van der Waals surface area contributed by atoms with Gasteiger partial charge in [-0.1, -0.05) is 18.3 Å². The van der Waals surface area contributed by atoms with E-state index in [4.69, 9.17) is 32.2 Å². The molecule has 0 saturated carbocycles. The lowest BCUT2D eigenvalue weighted by atomic mass is 10.3. The fraction of sp³-hybridized carbons (Fsp3) is 0.143. The Hall–Kier alpha value is -2.34. The molecule has 0 amide bonds. The van der Waals surface area contributed by atoms with Gasteiger partial charge in [-0.3, -0.25) is 0 Å². The van der Waals surface area contributed by atoms with Gasteiger partial charge in [-0.25, -0.2) is 4.98 Å². The molecule has 0 aliphatic rings. The molecule has 1 aromatic carbocycles. The third-order valence-electron chi connectivity index (χ3n) is 2.59. The number of ether oxygens (including phenoxy) is 3. The molecule has 1 heterocycles. The largest absolute Gasteiger partial charge is 0.493 e. The molecule has 0 saturated heterocycles. The van der Waals surface area contributed by atoms with Crippen molar-refractivity contribution in [2.24, 2.45) is 5.73 Å². The lowest BCUT2D eigenvalue weighted by molar-refractivity contribution is 0.346. The number of hydrogen-bond acceptors (Lipinski definition) is 5. The van der Waals surface area contributed by atoms with E-state index >= 15 is 0 Å². The number of hydrogen-bond donors (Lipinski definition) is 1. The van der Waals surface area contributed by atoms with Gasteiger partial charge in [-0.2, -0.15) is 0 Å². The Labute approximate surface area is 122 Å². The highest BCUT2D eigenvalue weighted by Crippen LogP contribution is 2.39. The van der Waals surface area contributed by atoms with Gasteiger partial charge in [0.25, 0.3) is 0 Å². The summed E-state index contributed by atoms with van der Waals surface area (Å²) in [5, 5.41) is 0. The van der Waals surface area contributed by atoms with Crippen molar-refractivity contribution in [3.05, 3.63) is 42.2 Å². The third kappa shape index (κ3) is 2.97. The molecule has 2 N–H and O–H groups in total. The smallest absolute Gasteiger partial charge is 0.211 e. The van der Waals surface area contributed by atoms with Gasteiger partial charge in [-0.15, -0.1) is 0 Å². The molecule has 5 nitrogen and oxygen atoms in total. The number of pyridine rings is 1. The van der Waals surface area contributed by atoms with Crippen LogP contribution in [0.5, 0.6) is 23.0 Å². The Kier molecular flexibility index (Phi) is 4.37. The third-order valence-corrected chi connectivity index (χ3v) is 2.80. The number of aromatic nitrogens is 1. The highest BCUT2D eigenvalue weighted by Gasteiger charge is 2.12. The summed E-state index contributed by atoms with van der Waals surface area (Å²) in [6, 6.07) is 8.81. The molecule has 0 atom stereocenters. The predicted molar refractivity (Wildman–Crippen MR) is 79.7 cm³/mol. The molecule has 0 aliphatic carbocycles. The lowest BCUT2D eigenvalue weighted by Crippen LogP contribution is -2.10. The summed E-state index contributed by atoms with van der Waals surface area (Å²) in [4.78, 5) is 4.35. The molecule has 0 bridgehead atoms. The van der Waals surface area contributed by atoms with E-state index in [1.165, 1.54) is 0 Å². The van der Waals surface area contributed by atoms with Gasteiger partial charge in [0.2, 0.25) is 5.75 Å². The van der Waals surface area contributed by atoms with E-state index in [9.17, 15) is 0 Å². The SMILES string of the molecule is COc1cccc(OC)c1Oc1ccc(C(N)=S)nc1. The molecule has 0 radical (unpaired) electrons. The summed E-state index contributed by atoms with van der Waals surface area (Å²) in [6.45, 7) is 0. The Morgan fingerprint density at radius 3 is 2.20 bits per heavy atom. The van der Waals surface area contributed by atoms with Crippen LogP contribution in [0.2, 0.25) is 0 Å². The Bertz CT molecular complexity index is 592. The molecule has 0 spiro atoms. The number of rotatable bonds is 5. The molecule has 6 heteroatoms. The number of nitrogens with zero attached hydrogens (tertiary/aromatic N) is 1. The van der Waals surface area contributed by atoms with Crippen LogP contribution >= 0.6 is 12.2 Å². The van der Waals surface area contributed by atoms with E-state index in [0.717, 1.165) is 0 Å². The normalized spacial score (nSPS) is 9.90. The fourth-order valence-corrected chi connectivity index (χ4v) is 1.74. The van der Waals surface area contributed by atoms with Crippen molar-refractivity contribution in [2.75, 3.05) is 14.2 Å². The molecule has 20 heavy (non-hydrogen) atoms. The minimum atomic E-state index is 0.242. The first-order chi connectivity index (χ1) is 9.65. The van der Waals surface area contributed by atoms with Crippen molar-refractivity contribution in [1.29, 1.82) is 0 Å². The van der Waals surface area contributed by atoms with E-state index in [-0.39, 0.29) is 4.99 Å². The first-order valence-corrected chi connectivity index (χ1v) is 6.21. The second kappa shape index (κ2) is 6.21. The molecular weight excluding hydrogens is 276 g/mol. The van der Waals surface area contributed by atoms with Crippen molar-refractivity contribution in [3.8, 4) is 23.0 Å². The van der Waals surface area contributed by atoms with Gasteiger partial charge >= 0.3 is 0 Å². The van der Waals surface area contributed by atoms with Crippen LogP contribution < -0.4 is 19.9 Å². The van der Waals surface area contributed by atoms with Crippen molar-refractivity contribution < 1.29 is 14.2 Å². The highest BCUT2D eigenvalue weighted by molar-refractivity contribution is 7.80. The average Bonchev–Trinajstić information content (AvgIpc) is 2.48. The number of methoxy groups -OCH3 is 2. The van der Waals surface area contributed by atoms with Crippen molar-refractivity contribution in [2.45, 2.75) is 0 Å². The second-order valence-electron chi connectivity index (χ2n) is 3.84. The van der Waals surface area contributed by atoms with Crippen LogP contribution in [0, 0.1) is 0 Å². The van der Waals surface area contributed by atoms with E-state index in [1.807, 2.05) is 6.07 Å². The van der Waals surface area contributed by atoms with Crippen LogP contribution in [-0.2, 0) is 0 Å². The Morgan fingerprint density at radius 1 is 1.10 bits per heavy atom. The molecule has 1 aromatic heterocycles. The van der Waals surface area contributed by atoms with Crippen LogP contribution in [0.15, 0.2) is 36.5 Å². The zero-order valence-electron chi connectivity index (χ0n) is 11.1. The number of thiocarbonyl (C=S) groups is 1. The van der Waals surface area contributed by atoms with E-state index in [1.54, 1.807) is 44.7 Å². The van der Waals surface area contributed by atoms with Gasteiger partial charge < -0.3 is 19.9 Å². The summed E-state index contributed by atoms with van der Waals surface area (Å²) in [5.41, 5.74) is 6.04. The topological polar surface area (TPSA) is 66.6 Å². The van der Waals surface area contributed by atoms with Crippen LogP contribution in [0.1, 0.15) is 5.69 Å². The first kappa shape index (κ1) is 14.1. The zero-order valence-corrected chi connectivity index (χ0v) is 11.9. The molecule has 104 valence electrons. The molecule has 2 aromatic rings. The van der Waals surface area contributed by atoms with Crippen LogP contribution in [-0.4, -0.2) is 24.2 Å². The van der Waals surface area contributed by atoms with Crippen LogP contribution in [0.4, 0.5) is 0 Å². The van der Waals surface area contributed by atoms with Crippen molar-refractivity contribution in [3.63, 3.8) is 0 Å². The molecule has 0 fully saturated rings. The maximum absolute atomic E-state index is 5.76. The van der Waals surface area contributed by atoms with E-state index in [2.05, 4.69) is 4.98 Å². The summed E-state index contributed by atoms with van der Waals surface area (Å²) in [5.74, 6) is 2.17. The van der Waals surface area contributed by atoms with Gasteiger partial charge in [-0.05, 0) is 24.3 Å². The zero-order chi connectivity index (χ0) is 14.5. The molecule has 2 rings (SSSR count). The maximum Gasteiger partial charge on any atom is 0.211 e. The van der Waals surface area contributed by atoms with Gasteiger partial charge in [0.1, 0.15) is 10.7 Å². The molecular formula is C14H14N2O3S. The summed E-state index contributed by atoms with van der Waals surface area (Å²) in [6.07, 6.45) is 1.54. The minimum absolute atomic E-state index is 0.242. The standard InChI is InChI=1S/C14H14N2O3S/c1-17-11-4-3-5-12(18-2)13(11)19-9-6-7-10(14(15)20)16-8-9/h3-8H,1-2H3,(H2,15,20). The van der Waals surface area contributed by atoms with Gasteiger partial charge in [0, 0.05) is 0 Å². The number of nitrogens with two attached hydrogens (primary N) is 1. The van der Waals surface area contributed by atoms with Crippen LogP contribution in [0.3, 0.4) is 0 Å². The molecule has 0 aliphatic heterocycles. The second-order valence-corrected chi connectivity index (χ2v) is 4.28. The van der Waals surface area contributed by atoms with E-state index < -0.39 is 0 Å². The monoisotopic (exact) mass is 290 g/mol. The fourth-order valence-electron chi connectivity index (χ4n) is 1.62. The van der Waals surface area contributed by atoms with Crippen molar-refractivity contribution >= 4 is 17.2 Å². The minimum Gasteiger partial charge on any atom is -0.493 e. The highest BCUT2D eigenvalue weighted by atomic mass is 32.1. The predicted octanol–water partition coefficient (Wildman–Crippen LogP) is 2.53. The lowest BCUT2D eigenvalue weighted by Gasteiger charge is -2.13. The average molecular weight is 290 g/mol.